The SMILES string of the molecule is CN1CCc2c(c(-c3cccnc3)cc3nc(NC(N)=O)[nH]c23)C1. The van der Waals surface area contributed by atoms with E-state index in [1.54, 1.807) is 6.20 Å². The Labute approximate surface area is 138 Å². The van der Waals surface area contributed by atoms with Crippen LogP contribution in [-0.4, -0.2) is 39.5 Å². The highest BCUT2D eigenvalue weighted by atomic mass is 16.2. The predicted octanol–water partition coefficient (Wildman–Crippen LogP) is 2.10. The minimum absolute atomic E-state index is 0.377. The zero-order valence-corrected chi connectivity index (χ0v) is 13.3. The second-order valence-electron chi connectivity index (χ2n) is 6.08. The molecule has 1 aromatic carbocycles. The monoisotopic (exact) mass is 322 g/mol. The number of nitrogens with two attached hydrogens (primary N) is 1. The number of hydrogen-bond acceptors (Lipinski definition) is 4. The maximum Gasteiger partial charge on any atom is 0.318 e. The molecule has 0 aliphatic carbocycles. The molecule has 7 nitrogen and oxygen atoms in total. The van der Waals surface area contributed by atoms with E-state index in [2.05, 4.69) is 38.3 Å². The smallest absolute Gasteiger partial charge is 0.318 e. The zero-order chi connectivity index (χ0) is 16.7. The maximum absolute atomic E-state index is 11.1. The number of primary amides is 1. The van der Waals surface area contributed by atoms with E-state index in [1.165, 1.54) is 11.1 Å². The van der Waals surface area contributed by atoms with Gasteiger partial charge in [-0.3, -0.25) is 10.3 Å². The molecule has 2 amide bonds. The number of carbonyl (C=O) groups is 1. The summed E-state index contributed by atoms with van der Waals surface area (Å²) < 4.78 is 0. The third kappa shape index (κ3) is 2.48. The topological polar surface area (TPSA) is 99.9 Å². The average molecular weight is 322 g/mol. The summed E-state index contributed by atoms with van der Waals surface area (Å²) in [6.07, 6.45) is 4.56. The van der Waals surface area contributed by atoms with Crippen LogP contribution in [0.4, 0.5) is 10.7 Å². The molecule has 24 heavy (non-hydrogen) atoms. The number of hydrogen-bond donors (Lipinski definition) is 3. The second kappa shape index (κ2) is 5.61. The second-order valence-corrected chi connectivity index (χ2v) is 6.08. The first-order chi connectivity index (χ1) is 11.6. The molecule has 0 unspecified atom stereocenters. The van der Waals surface area contributed by atoms with Crippen LogP contribution < -0.4 is 11.1 Å². The first-order valence-corrected chi connectivity index (χ1v) is 7.81. The number of anilines is 1. The van der Waals surface area contributed by atoms with Crippen molar-refractivity contribution in [2.75, 3.05) is 18.9 Å². The number of pyridine rings is 1. The van der Waals surface area contributed by atoms with Gasteiger partial charge in [-0.2, -0.15) is 0 Å². The van der Waals surface area contributed by atoms with Gasteiger partial charge in [0.25, 0.3) is 0 Å². The van der Waals surface area contributed by atoms with Crippen LogP contribution in [0.2, 0.25) is 0 Å². The standard InChI is InChI=1S/C17H18N6O/c1-23-6-4-11-13(9-23)12(10-3-2-5-19-8-10)7-14-15(11)21-17(20-14)22-16(18)24/h2-3,5,7-8H,4,6,9H2,1H3,(H4,18,20,21,22,24). The first kappa shape index (κ1) is 14.6. The van der Waals surface area contributed by atoms with Crippen molar-refractivity contribution < 1.29 is 4.79 Å². The fourth-order valence-corrected chi connectivity index (χ4v) is 3.32. The molecule has 0 bridgehead atoms. The number of imidazole rings is 1. The first-order valence-electron chi connectivity index (χ1n) is 7.81. The minimum Gasteiger partial charge on any atom is -0.351 e. The molecular formula is C17H18N6O. The van der Waals surface area contributed by atoms with Gasteiger partial charge in [0.05, 0.1) is 11.0 Å². The highest BCUT2D eigenvalue weighted by Gasteiger charge is 2.22. The Morgan fingerprint density at radius 1 is 1.42 bits per heavy atom. The summed E-state index contributed by atoms with van der Waals surface area (Å²) in [7, 11) is 2.12. The molecule has 0 fully saturated rings. The van der Waals surface area contributed by atoms with Crippen molar-refractivity contribution in [3.8, 4) is 11.1 Å². The van der Waals surface area contributed by atoms with Gasteiger partial charge in [-0.15, -0.1) is 0 Å². The van der Waals surface area contributed by atoms with E-state index in [0.717, 1.165) is 41.7 Å². The quantitative estimate of drug-likeness (QED) is 0.672. The van der Waals surface area contributed by atoms with Gasteiger partial charge in [0.2, 0.25) is 5.95 Å². The van der Waals surface area contributed by atoms with Crippen molar-refractivity contribution in [2.45, 2.75) is 13.0 Å². The van der Waals surface area contributed by atoms with Crippen LogP contribution in [0.15, 0.2) is 30.6 Å². The Balaban J connectivity index is 1.95. The number of carbonyl (C=O) groups excluding carboxylic acids is 1. The number of aromatic nitrogens is 3. The fourth-order valence-electron chi connectivity index (χ4n) is 3.32. The van der Waals surface area contributed by atoms with Crippen LogP contribution in [0.5, 0.6) is 0 Å². The molecule has 1 aliphatic heterocycles. The van der Waals surface area contributed by atoms with Crippen molar-refractivity contribution >= 4 is 23.0 Å². The average Bonchev–Trinajstić information content (AvgIpc) is 2.96. The van der Waals surface area contributed by atoms with Crippen molar-refractivity contribution in [1.82, 2.24) is 19.9 Å². The Kier molecular flexibility index (Phi) is 3.42. The number of nitrogens with zero attached hydrogens (tertiary/aromatic N) is 3. The van der Waals surface area contributed by atoms with E-state index in [9.17, 15) is 4.79 Å². The Morgan fingerprint density at radius 3 is 3.04 bits per heavy atom. The van der Waals surface area contributed by atoms with Crippen molar-refractivity contribution in [1.29, 1.82) is 0 Å². The number of likely N-dealkylation sites (N-methyl/N-ethyl adjacent to an activating group) is 1. The van der Waals surface area contributed by atoms with Crippen LogP contribution in [0, 0.1) is 0 Å². The molecule has 1 aliphatic rings. The van der Waals surface area contributed by atoms with Gasteiger partial charge in [-0.25, -0.2) is 9.78 Å². The molecule has 7 heteroatoms. The Bertz CT molecular complexity index is 918. The summed E-state index contributed by atoms with van der Waals surface area (Å²) in [5, 5.41) is 2.52. The number of nitrogens with one attached hydrogen (secondary N) is 2. The molecule has 2 aromatic heterocycles. The summed E-state index contributed by atoms with van der Waals surface area (Å²) in [4.78, 5) is 25.3. The largest absolute Gasteiger partial charge is 0.351 e. The van der Waals surface area contributed by atoms with Crippen LogP contribution in [-0.2, 0) is 13.0 Å². The maximum atomic E-state index is 11.1. The van der Waals surface area contributed by atoms with Crippen LogP contribution >= 0.6 is 0 Å². The predicted molar refractivity (Wildman–Crippen MR) is 92.6 cm³/mol. The number of rotatable bonds is 2. The van der Waals surface area contributed by atoms with Gasteiger partial charge in [-0.05, 0) is 42.3 Å². The lowest BCUT2D eigenvalue weighted by Gasteiger charge is -2.27. The molecule has 4 N–H and O–H groups in total. The molecular weight excluding hydrogens is 304 g/mol. The van der Waals surface area contributed by atoms with Crippen molar-refractivity contribution in [3.05, 3.63) is 41.7 Å². The van der Waals surface area contributed by atoms with Crippen LogP contribution in [0.25, 0.3) is 22.2 Å². The highest BCUT2D eigenvalue weighted by molar-refractivity contribution is 5.92. The summed E-state index contributed by atoms with van der Waals surface area (Å²) in [5.74, 6) is 0.377. The van der Waals surface area contributed by atoms with Gasteiger partial charge in [0, 0.05) is 31.0 Å². The number of amides is 2. The number of aromatic amines is 1. The van der Waals surface area contributed by atoms with Crippen molar-refractivity contribution in [2.24, 2.45) is 5.73 Å². The molecule has 122 valence electrons. The molecule has 0 saturated heterocycles. The van der Waals surface area contributed by atoms with E-state index in [1.807, 2.05) is 18.3 Å². The third-order valence-corrected chi connectivity index (χ3v) is 4.39. The zero-order valence-electron chi connectivity index (χ0n) is 13.3. The number of H-pyrrole nitrogens is 1. The van der Waals surface area contributed by atoms with E-state index in [0.29, 0.717) is 5.95 Å². The third-order valence-electron chi connectivity index (χ3n) is 4.39. The van der Waals surface area contributed by atoms with Gasteiger partial charge in [-0.1, -0.05) is 6.07 Å². The number of urea groups is 1. The Hall–Kier alpha value is -2.93. The molecule has 3 heterocycles. The highest BCUT2D eigenvalue weighted by Crippen LogP contribution is 2.35. The summed E-state index contributed by atoms with van der Waals surface area (Å²) in [6, 6.07) is 5.41. The van der Waals surface area contributed by atoms with E-state index >= 15 is 0 Å². The van der Waals surface area contributed by atoms with E-state index in [4.69, 9.17) is 5.73 Å². The number of benzene rings is 1. The lowest BCUT2D eigenvalue weighted by molar-refractivity contribution is 0.259. The summed E-state index contributed by atoms with van der Waals surface area (Å²) >= 11 is 0. The molecule has 0 spiro atoms. The molecule has 0 atom stereocenters. The lowest BCUT2D eigenvalue weighted by atomic mass is 9.90. The van der Waals surface area contributed by atoms with E-state index < -0.39 is 6.03 Å². The molecule has 0 saturated carbocycles. The summed E-state index contributed by atoms with van der Waals surface area (Å²) in [5.41, 5.74) is 11.7. The lowest BCUT2D eigenvalue weighted by Crippen LogP contribution is -2.27. The van der Waals surface area contributed by atoms with Gasteiger partial charge in [0.1, 0.15) is 0 Å². The Morgan fingerprint density at radius 2 is 2.29 bits per heavy atom. The van der Waals surface area contributed by atoms with Gasteiger partial charge >= 0.3 is 6.03 Å². The van der Waals surface area contributed by atoms with Crippen LogP contribution in [0.3, 0.4) is 0 Å². The molecule has 0 radical (unpaired) electrons. The van der Waals surface area contributed by atoms with E-state index in [-0.39, 0.29) is 0 Å². The molecule has 3 aromatic rings. The van der Waals surface area contributed by atoms with Gasteiger partial charge in [0.15, 0.2) is 0 Å². The molecule has 4 rings (SSSR count). The number of fused-ring (bicyclic) bond motifs is 3. The van der Waals surface area contributed by atoms with Gasteiger partial charge < -0.3 is 15.6 Å². The summed E-state index contributed by atoms with van der Waals surface area (Å²) in [6.45, 7) is 1.85. The van der Waals surface area contributed by atoms with Crippen molar-refractivity contribution in [3.63, 3.8) is 0 Å². The van der Waals surface area contributed by atoms with Crippen LogP contribution in [0.1, 0.15) is 11.1 Å². The fraction of sp³-hybridized carbons (Fsp3) is 0.235. The normalized spacial score (nSPS) is 14.5. The minimum atomic E-state index is -0.630.